The molecule has 4 rings (SSSR count). The van der Waals surface area contributed by atoms with Crippen LogP contribution in [0, 0.1) is 13.0 Å². The van der Waals surface area contributed by atoms with Gasteiger partial charge in [-0.2, -0.15) is 0 Å². The Morgan fingerprint density at radius 3 is 2.73 bits per heavy atom. The van der Waals surface area contributed by atoms with Gasteiger partial charge in [0, 0.05) is 5.56 Å². The number of rotatable bonds is 2. The van der Waals surface area contributed by atoms with Crippen molar-refractivity contribution >= 4 is 0 Å². The molecule has 1 radical (unpaired) electrons. The fourth-order valence-electron chi connectivity index (χ4n) is 3.38. The summed E-state index contributed by atoms with van der Waals surface area (Å²) in [7, 11) is 0. The zero-order chi connectivity index (χ0) is 15.1. The Labute approximate surface area is 130 Å². The third kappa shape index (κ3) is 2.00. The van der Waals surface area contributed by atoms with Gasteiger partial charge in [0.2, 0.25) is 0 Å². The van der Waals surface area contributed by atoms with Gasteiger partial charge in [0.05, 0.1) is 13.2 Å². The Hall–Kier alpha value is -2.00. The second-order valence-electron chi connectivity index (χ2n) is 5.75. The van der Waals surface area contributed by atoms with Crippen LogP contribution in [-0.2, 0) is 24.4 Å². The number of hydrogen-bond donors (Lipinski definition) is 0. The van der Waals surface area contributed by atoms with Crippen molar-refractivity contribution in [2.75, 3.05) is 13.2 Å². The lowest BCUT2D eigenvalue weighted by atomic mass is 9.90. The van der Waals surface area contributed by atoms with Gasteiger partial charge in [0.25, 0.3) is 0 Å². The molecule has 0 amide bonds. The lowest BCUT2D eigenvalue weighted by Crippen LogP contribution is -2.17. The van der Waals surface area contributed by atoms with Gasteiger partial charge in [-0.25, -0.2) is 0 Å². The zero-order valence-corrected chi connectivity index (χ0v) is 13.0. The van der Waals surface area contributed by atoms with Crippen LogP contribution in [0.2, 0.25) is 0 Å². The summed E-state index contributed by atoms with van der Waals surface area (Å²) in [5.41, 5.74) is 7.41. The summed E-state index contributed by atoms with van der Waals surface area (Å²) in [5, 5.41) is 0. The largest absolute Gasteiger partial charge is 0.486 e. The second kappa shape index (κ2) is 5.33. The first kappa shape index (κ1) is 13.6. The van der Waals surface area contributed by atoms with Crippen LogP contribution >= 0.6 is 0 Å². The zero-order valence-electron chi connectivity index (χ0n) is 13.0. The summed E-state index contributed by atoms with van der Waals surface area (Å²) in [6.45, 7) is 6.87. The molecule has 0 unspecified atom stereocenters. The first-order valence-corrected chi connectivity index (χ1v) is 7.82. The van der Waals surface area contributed by atoms with E-state index in [-0.39, 0.29) is 0 Å². The van der Waals surface area contributed by atoms with E-state index in [0.29, 0.717) is 26.4 Å². The average Bonchev–Trinajstić information content (AvgIpc) is 3.05. The van der Waals surface area contributed by atoms with Crippen LogP contribution in [0.1, 0.15) is 29.2 Å². The maximum Gasteiger partial charge on any atom is 0.165 e. The summed E-state index contributed by atoms with van der Waals surface area (Å²) >= 11 is 0. The normalized spacial score (nSPS) is 15.7. The van der Waals surface area contributed by atoms with E-state index >= 15 is 0 Å². The number of aryl methyl sites for hydroxylation is 1. The molecule has 0 atom stereocenters. The Kier molecular flexibility index (Phi) is 3.30. The van der Waals surface area contributed by atoms with E-state index in [1.165, 1.54) is 33.4 Å². The van der Waals surface area contributed by atoms with Gasteiger partial charge in [-0.15, -0.1) is 0 Å². The topological polar surface area (TPSA) is 27.7 Å². The van der Waals surface area contributed by atoms with Crippen LogP contribution in [0.15, 0.2) is 18.2 Å². The molecule has 0 bridgehead atoms. The highest BCUT2D eigenvalue weighted by atomic mass is 16.6. The fourth-order valence-corrected chi connectivity index (χ4v) is 3.38. The van der Waals surface area contributed by atoms with Crippen molar-refractivity contribution in [3.8, 4) is 22.6 Å². The van der Waals surface area contributed by atoms with Crippen LogP contribution in [0.3, 0.4) is 0 Å². The van der Waals surface area contributed by atoms with E-state index in [1.807, 2.05) is 6.07 Å². The van der Waals surface area contributed by atoms with Crippen molar-refractivity contribution in [3.63, 3.8) is 0 Å². The molecule has 3 heteroatoms. The molecule has 0 N–H and O–H groups in total. The van der Waals surface area contributed by atoms with Crippen molar-refractivity contribution in [2.45, 2.75) is 33.5 Å². The second-order valence-corrected chi connectivity index (χ2v) is 5.75. The van der Waals surface area contributed by atoms with Gasteiger partial charge in [0.1, 0.15) is 13.2 Å². The lowest BCUT2D eigenvalue weighted by Gasteiger charge is -2.23. The molecule has 3 nitrogen and oxygen atoms in total. The Bertz CT molecular complexity index is 734. The molecule has 2 aliphatic rings. The third-order valence-electron chi connectivity index (χ3n) is 4.52. The molecule has 0 saturated heterocycles. The quantitative estimate of drug-likeness (QED) is 0.843. The first-order chi connectivity index (χ1) is 10.8. The van der Waals surface area contributed by atoms with Crippen LogP contribution in [0.5, 0.6) is 11.5 Å². The summed E-state index contributed by atoms with van der Waals surface area (Å²) in [4.78, 5) is 0. The smallest absolute Gasteiger partial charge is 0.165 e. The standard InChI is InChI=1S/C19H19O3/c1-3-13-14(6-7-18-19(13)22-9-8-21-18)15-5-4-12(2)16-10-20-11-17(15)16/h5-7H,3,8-11H2,1-2H3. The number of fused-ring (bicyclic) bond motifs is 2. The van der Waals surface area contributed by atoms with Crippen LogP contribution < -0.4 is 9.47 Å². The molecule has 2 heterocycles. The molecular weight excluding hydrogens is 276 g/mol. The van der Waals surface area contributed by atoms with Gasteiger partial charge >= 0.3 is 0 Å². The molecule has 0 aliphatic carbocycles. The lowest BCUT2D eigenvalue weighted by molar-refractivity contribution is 0.134. The van der Waals surface area contributed by atoms with Gasteiger partial charge in [0.15, 0.2) is 11.5 Å². The Morgan fingerprint density at radius 2 is 1.86 bits per heavy atom. The van der Waals surface area contributed by atoms with Crippen LogP contribution in [-0.4, -0.2) is 13.2 Å². The van der Waals surface area contributed by atoms with Gasteiger partial charge < -0.3 is 14.2 Å². The maximum absolute atomic E-state index is 5.88. The van der Waals surface area contributed by atoms with Crippen molar-refractivity contribution in [2.24, 2.45) is 0 Å². The van der Waals surface area contributed by atoms with Crippen molar-refractivity contribution < 1.29 is 14.2 Å². The average molecular weight is 295 g/mol. The van der Waals surface area contributed by atoms with E-state index in [2.05, 4.69) is 32.0 Å². The predicted molar refractivity (Wildman–Crippen MR) is 84.3 cm³/mol. The highest BCUT2D eigenvalue weighted by Gasteiger charge is 2.23. The van der Waals surface area contributed by atoms with Crippen molar-refractivity contribution in [1.82, 2.24) is 0 Å². The SMILES string of the molecule is CCc1c(-c2c[c]c(C)c3c2COC3)ccc2c1OCCO2. The molecule has 0 spiro atoms. The Morgan fingerprint density at radius 1 is 1.05 bits per heavy atom. The molecule has 2 aromatic rings. The number of hydrogen-bond acceptors (Lipinski definition) is 3. The summed E-state index contributed by atoms with van der Waals surface area (Å²) in [6, 6.07) is 9.63. The molecular formula is C19H19O3. The molecule has 0 aromatic heterocycles. The monoisotopic (exact) mass is 295 g/mol. The van der Waals surface area contributed by atoms with E-state index in [0.717, 1.165) is 17.9 Å². The summed E-state index contributed by atoms with van der Waals surface area (Å²) in [6.07, 6.45) is 0.908. The van der Waals surface area contributed by atoms with Gasteiger partial charge in [-0.3, -0.25) is 0 Å². The predicted octanol–water partition coefficient (Wildman–Crippen LogP) is 3.83. The first-order valence-electron chi connectivity index (χ1n) is 7.82. The van der Waals surface area contributed by atoms with Gasteiger partial charge in [-0.05, 0) is 59.4 Å². The Balaban J connectivity index is 1.92. The minimum Gasteiger partial charge on any atom is -0.486 e. The molecule has 113 valence electrons. The van der Waals surface area contributed by atoms with E-state index in [4.69, 9.17) is 14.2 Å². The van der Waals surface area contributed by atoms with Crippen LogP contribution in [0.4, 0.5) is 0 Å². The van der Waals surface area contributed by atoms with Crippen molar-refractivity contribution in [1.29, 1.82) is 0 Å². The minimum atomic E-state index is 0.616. The highest BCUT2D eigenvalue weighted by molar-refractivity contribution is 5.76. The molecule has 0 fully saturated rings. The molecule has 0 saturated carbocycles. The number of ether oxygens (including phenoxy) is 3. The minimum absolute atomic E-state index is 0.616. The highest BCUT2D eigenvalue weighted by Crippen LogP contribution is 2.42. The molecule has 2 aromatic carbocycles. The number of benzene rings is 2. The van der Waals surface area contributed by atoms with Crippen LogP contribution in [0.25, 0.3) is 11.1 Å². The van der Waals surface area contributed by atoms with E-state index in [9.17, 15) is 0 Å². The van der Waals surface area contributed by atoms with Crippen molar-refractivity contribution in [3.05, 3.63) is 46.5 Å². The summed E-state index contributed by atoms with van der Waals surface area (Å²) < 4.78 is 17.3. The van der Waals surface area contributed by atoms with E-state index in [1.54, 1.807) is 0 Å². The van der Waals surface area contributed by atoms with E-state index < -0.39 is 0 Å². The van der Waals surface area contributed by atoms with Gasteiger partial charge in [-0.1, -0.05) is 13.0 Å². The molecule has 22 heavy (non-hydrogen) atoms. The maximum atomic E-state index is 5.88. The molecule has 2 aliphatic heterocycles. The summed E-state index contributed by atoms with van der Waals surface area (Å²) in [5.74, 6) is 1.76. The third-order valence-corrected chi connectivity index (χ3v) is 4.52. The fraction of sp³-hybridized carbons (Fsp3) is 0.368.